The van der Waals surface area contributed by atoms with Gasteiger partial charge in [-0.1, -0.05) is 60.7 Å². The third kappa shape index (κ3) is 5.68. The molecule has 1 fully saturated rings. The summed E-state index contributed by atoms with van der Waals surface area (Å²) in [6, 6.07) is 22.9. The summed E-state index contributed by atoms with van der Waals surface area (Å²) in [5.74, 6) is 1.54. The second-order valence-electron chi connectivity index (χ2n) is 8.01. The van der Waals surface area contributed by atoms with Gasteiger partial charge in [0.15, 0.2) is 0 Å². The fourth-order valence-electron chi connectivity index (χ4n) is 4.26. The van der Waals surface area contributed by atoms with Crippen LogP contribution in [0.1, 0.15) is 29.4 Å². The van der Waals surface area contributed by atoms with Gasteiger partial charge in [0.2, 0.25) is 17.7 Å². The number of hydrogen-bond acceptors (Lipinski definition) is 6. The van der Waals surface area contributed by atoms with Crippen LogP contribution in [0.2, 0.25) is 0 Å². The summed E-state index contributed by atoms with van der Waals surface area (Å²) >= 11 is 0. The standard InChI is InChI=1S/C26H30N4O3/c1-32-23-19-24(33-2)28-22(27-23)13-14-25(31)29-15-17-30(18-16-29)26(20-9-5-3-6-10-20)21-11-7-4-8-12-21/h3-12,19,26H,13-18H2,1-2H3. The highest BCUT2D eigenvalue weighted by molar-refractivity contribution is 5.76. The van der Waals surface area contributed by atoms with Crippen LogP contribution in [0.4, 0.5) is 0 Å². The number of hydrogen-bond donors (Lipinski definition) is 0. The van der Waals surface area contributed by atoms with Gasteiger partial charge in [-0.05, 0) is 11.1 Å². The first-order valence-electron chi connectivity index (χ1n) is 11.3. The van der Waals surface area contributed by atoms with Crippen LogP contribution in [0.3, 0.4) is 0 Å². The number of aromatic nitrogens is 2. The van der Waals surface area contributed by atoms with Gasteiger partial charge in [-0.2, -0.15) is 9.97 Å². The number of benzene rings is 2. The smallest absolute Gasteiger partial charge is 0.223 e. The van der Waals surface area contributed by atoms with E-state index in [4.69, 9.17) is 9.47 Å². The molecule has 0 saturated carbocycles. The minimum Gasteiger partial charge on any atom is -0.481 e. The van der Waals surface area contributed by atoms with Gasteiger partial charge in [-0.15, -0.1) is 0 Å². The Hall–Kier alpha value is -3.45. The van der Waals surface area contributed by atoms with Crippen LogP contribution in [0, 0.1) is 0 Å². The molecule has 2 aromatic carbocycles. The lowest BCUT2D eigenvalue weighted by molar-refractivity contribution is -0.133. The first-order valence-corrected chi connectivity index (χ1v) is 11.3. The molecule has 172 valence electrons. The van der Waals surface area contributed by atoms with Gasteiger partial charge in [0.25, 0.3) is 0 Å². The number of carbonyl (C=O) groups excluding carboxylic acids is 1. The molecule has 1 amide bonds. The van der Waals surface area contributed by atoms with E-state index >= 15 is 0 Å². The molecule has 7 nitrogen and oxygen atoms in total. The number of piperazine rings is 1. The molecule has 1 aliphatic heterocycles. The fourth-order valence-corrected chi connectivity index (χ4v) is 4.26. The van der Waals surface area contributed by atoms with Gasteiger partial charge in [0, 0.05) is 39.0 Å². The van der Waals surface area contributed by atoms with E-state index in [0.717, 1.165) is 13.1 Å². The fraction of sp³-hybridized carbons (Fsp3) is 0.346. The molecule has 1 saturated heterocycles. The zero-order chi connectivity index (χ0) is 23.0. The molecular formula is C26H30N4O3. The van der Waals surface area contributed by atoms with Gasteiger partial charge in [0.05, 0.1) is 26.3 Å². The van der Waals surface area contributed by atoms with Gasteiger partial charge < -0.3 is 14.4 Å². The molecule has 7 heteroatoms. The minimum atomic E-state index is 0.121. The first-order chi connectivity index (χ1) is 16.2. The quantitative estimate of drug-likeness (QED) is 0.529. The Kier molecular flexibility index (Phi) is 7.52. The van der Waals surface area contributed by atoms with Crippen molar-refractivity contribution < 1.29 is 14.3 Å². The summed E-state index contributed by atoms with van der Waals surface area (Å²) in [4.78, 5) is 25.9. The van der Waals surface area contributed by atoms with E-state index in [1.165, 1.54) is 11.1 Å². The van der Waals surface area contributed by atoms with E-state index in [1.54, 1.807) is 20.3 Å². The molecule has 2 heterocycles. The molecule has 33 heavy (non-hydrogen) atoms. The largest absolute Gasteiger partial charge is 0.481 e. The number of carbonyl (C=O) groups is 1. The van der Waals surface area contributed by atoms with Crippen LogP contribution in [0.15, 0.2) is 66.7 Å². The molecule has 3 aromatic rings. The van der Waals surface area contributed by atoms with Crippen LogP contribution in [0.5, 0.6) is 11.8 Å². The SMILES string of the molecule is COc1cc(OC)nc(CCC(=O)N2CCN(C(c3ccccc3)c3ccccc3)CC2)n1. The number of methoxy groups -OCH3 is 2. The lowest BCUT2D eigenvalue weighted by Gasteiger charge is -2.39. The second-order valence-corrected chi connectivity index (χ2v) is 8.01. The monoisotopic (exact) mass is 446 g/mol. The normalized spacial score (nSPS) is 14.3. The Morgan fingerprint density at radius 2 is 1.36 bits per heavy atom. The zero-order valence-electron chi connectivity index (χ0n) is 19.2. The van der Waals surface area contributed by atoms with Crippen molar-refractivity contribution in [2.24, 2.45) is 0 Å². The van der Waals surface area contributed by atoms with Crippen molar-refractivity contribution in [1.82, 2.24) is 19.8 Å². The Balaban J connectivity index is 1.38. The number of aryl methyl sites for hydroxylation is 1. The third-order valence-electron chi connectivity index (χ3n) is 5.97. The Morgan fingerprint density at radius 3 is 1.85 bits per heavy atom. The molecule has 1 aromatic heterocycles. The van der Waals surface area contributed by atoms with Crippen molar-refractivity contribution in [3.05, 3.63) is 83.7 Å². The highest BCUT2D eigenvalue weighted by Crippen LogP contribution is 2.29. The van der Waals surface area contributed by atoms with Crippen LogP contribution >= 0.6 is 0 Å². The van der Waals surface area contributed by atoms with Crippen molar-refractivity contribution >= 4 is 5.91 Å². The summed E-state index contributed by atoms with van der Waals surface area (Å²) in [6.45, 7) is 3.06. The zero-order valence-corrected chi connectivity index (χ0v) is 19.2. The van der Waals surface area contributed by atoms with Crippen LogP contribution in [-0.2, 0) is 11.2 Å². The Morgan fingerprint density at radius 1 is 0.848 bits per heavy atom. The molecule has 0 bridgehead atoms. The van der Waals surface area contributed by atoms with E-state index in [9.17, 15) is 4.79 Å². The van der Waals surface area contributed by atoms with Crippen molar-refractivity contribution in [2.45, 2.75) is 18.9 Å². The summed E-state index contributed by atoms with van der Waals surface area (Å²) < 4.78 is 10.4. The minimum absolute atomic E-state index is 0.121. The van der Waals surface area contributed by atoms with E-state index in [0.29, 0.717) is 43.5 Å². The summed E-state index contributed by atoms with van der Waals surface area (Å²) in [6.07, 6.45) is 0.806. The molecule has 4 rings (SSSR count). The Labute approximate surface area is 195 Å². The molecule has 0 N–H and O–H groups in total. The van der Waals surface area contributed by atoms with E-state index < -0.39 is 0 Å². The van der Waals surface area contributed by atoms with Crippen molar-refractivity contribution in [1.29, 1.82) is 0 Å². The molecule has 0 aliphatic carbocycles. The highest BCUT2D eigenvalue weighted by atomic mass is 16.5. The lowest BCUT2D eigenvalue weighted by atomic mass is 9.96. The van der Waals surface area contributed by atoms with Crippen molar-refractivity contribution in [2.75, 3.05) is 40.4 Å². The molecule has 0 unspecified atom stereocenters. The Bertz CT molecular complexity index is 976. The third-order valence-corrected chi connectivity index (χ3v) is 5.97. The molecule has 0 radical (unpaired) electrons. The second kappa shape index (κ2) is 10.9. The predicted octanol–water partition coefficient (Wildman–Crippen LogP) is 3.36. The van der Waals surface area contributed by atoms with Crippen molar-refractivity contribution in [3.63, 3.8) is 0 Å². The summed E-state index contributed by atoms with van der Waals surface area (Å²) in [5.41, 5.74) is 2.54. The van der Waals surface area contributed by atoms with Gasteiger partial charge in [-0.3, -0.25) is 9.69 Å². The van der Waals surface area contributed by atoms with Crippen LogP contribution in [-0.4, -0.2) is 66.1 Å². The maximum absolute atomic E-state index is 12.9. The predicted molar refractivity (Wildman–Crippen MR) is 126 cm³/mol. The maximum Gasteiger partial charge on any atom is 0.223 e. The average molecular weight is 447 g/mol. The highest BCUT2D eigenvalue weighted by Gasteiger charge is 2.28. The van der Waals surface area contributed by atoms with Gasteiger partial charge in [-0.25, -0.2) is 0 Å². The molecule has 0 atom stereocenters. The van der Waals surface area contributed by atoms with Crippen LogP contribution < -0.4 is 9.47 Å². The summed E-state index contributed by atoms with van der Waals surface area (Å²) in [7, 11) is 3.10. The number of amides is 1. The topological polar surface area (TPSA) is 67.8 Å². The number of nitrogens with zero attached hydrogens (tertiary/aromatic N) is 4. The van der Waals surface area contributed by atoms with Gasteiger partial charge in [0.1, 0.15) is 5.82 Å². The number of rotatable bonds is 8. The molecular weight excluding hydrogens is 416 g/mol. The molecule has 1 aliphatic rings. The summed E-state index contributed by atoms with van der Waals surface area (Å²) in [5, 5.41) is 0. The van der Waals surface area contributed by atoms with Gasteiger partial charge >= 0.3 is 0 Å². The molecule has 0 spiro atoms. The van der Waals surface area contributed by atoms with E-state index in [1.807, 2.05) is 17.0 Å². The lowest BCUT2D eigenvalue weighted by Crippen LogP contribution is -2.49. The van der Waals surface area contributed by atoms with E-state index in [2.05, 4.69) is 63.4 Å². The number of ether oxygens (including phenoxy) is 2. The van der Waals surface area contributed by atoms with Crippen LogP contribution in [0.25, 0.3) is 0 Å². The van der Waals surface area contributed by atoms with E-state index in [-0.39, 0.29) is 11.9 Å². The van der Waals surface area contributed by atoms with Crippen molar-refractivity contribution in [3.8, 4) is 11.8 Å². The maximum atomic E-state index is 12.9. The average Bonchev–Trinajstić information content (AvgIpc) is 2.89. The first kappa shape index (κ1) is 22.7.